The minimum absolute atomic E-state index is 0.693. The van der Waals surface area contributed by atoms with Crippen molar-refractivity contribution < 1.29 is 4.74 Å². The maximum atomic E-state index is 5.93. The van der Waals surface area contributed by atoms with E-state index < -0.39 is 0 Å². The van der Waals surface area contributed by atoms with Gasteiger partial charge in [0.05, 0.1) is 6.61 Å². The second-order valence-electron chi connectivity index (χ2n) is 5.34. The van der Waals surface area contributed by atoms with Gasteiger partial charge in [-0.1, -0.05) is 36.4 Å². The average molecular weight is 267 g/mol. The molecule has 2 aromatic carbocycles. The van der Waals surface area contributed by atoms with Gasteiger partial charge in [-0.25, -0.2) is 0 Å². The van der Waals surface area contributed by atoms with E-state index in [-0.39, 0.29) is 0 Å². The van der Waals surface area contributed by atoms with Crippen LogP contribution in [0.1, 0.15) is 24.8 Å². The minimum atomic E-state index is 0.693. The zero-order valence-electron chi connectivity index (χ0n) is 11.8. The summed E-state index contributed by atoms with van der Waals surface area (Å²) in [6, 6.07) is 13.4. The number of nitrogens with one attached hydrogen (secondary N) is 1. The molecule has 0 unspecified atom stereocenters. The van der Waals surface area contributed by atoms with E-state index in [1.54, 1.807) is 0 Å². The number of hydrogen-bond acceptors (Lipinski definition) is 2. The van der Waals surface area contributed by atoms with Crippen LogP contribution in [0.5, 0.6) is 5.75 Å². The van der Waals surface area contributed by atoms with Crippen molar-refractivity contribution in [2.24, 2.45) is 0 Å². The first kappa shape index (κ1) is 13.2. The Kier molecular flexibility index (Phi) is 4.03. The summed E-state index contributed by atoms with van der Waals surface area (Å²) in [6.07, 6.45) is 5.38. The van der Waals surface area contributed by atoms with Gasteiger partial charge in [-0.05, 0) is 36.1 Å². The first-order valence-electron chi connectivity index (χ1n) is 7.36. The molecule has 3 rings (SSSR count). The highest BCUT2D eigenvalue weighted by Crippen LogP contribution is 2.29. The molecule has 0 spiro atoms. The molecule has 1 fully saturated rings. The predicted octanol–water partition coefficient (Wildman–Crippen LogP) is 4.05. The van der Waals surface area contributed by atoms with Crippen molar-refractivity contribution in [2.45, 2.75) is 31.8 Å². The monoisotopic (exact) mass is 267 g/mol. The Labute approximate surface area is 120 Å². The fourth-order valence-electron chi connectivity index (χ4n) is 2.42. The molecule has 0 aliphatic heterocycles. The molecule has 1 saturated carbocycles. The quantitative estimate of drug-likeness (QED) is 0.603. The van der Waals surface area contributed by atoms with Gasteiger partial charge in [0.1, 0.15) is 5.75 Å². The average Bonchev–Trinajstić information content (AvgIpc) is 3.30. The number of hydrogen-bond donors (Lipinski definition) is 1. The Morgan fingerprint density at radius 1 is 1.20 bits per heavy atom. The zero-order valence-corrected chi connectivity index (χ0v) is 11.8. The Balaban J connectivity index is 1.89. The van der Waals surface area contributed by atoms with Crippen molar-refractivity contribution in [3.8, 4) is 5.75 Å². The second-order valence-corrected chi connectivity index (χ2v) is 5.34. The van der Waals surface area contributed by atoms with Crippen molar-refractivity contribution in [3.05, 3.63) is 54.6 Å². The number of rotatable bonds is 7. The SMILES string of the molecule is C=CCCOc1ccc2ccccc2c1CNC1CC1. The minimum Gasteiger partial charge on any atom is -0.493 e. The summed E-state index contributed by atoms with van der Waals surface area (Å²) in [7, 11) is 0. The highest BCUT2D eigenvalue weighted by atomic mass is 16.5. The molecule has 104 valence electrons. The van der Waals surface area contributed by atoms with E-state index in [0.29, 0.717) is 12.6 Å². The van der Waals surface area contributed by atoms with Crippen LogP contribution in [0.4, 0.5) is 0 Å². The fourth-order valence-corrected chi connectivity index (χ4v) is 2.42. The van der Waals surface area contributed by atoms with Gasteiger partial charge >= 0.3 is 0 Å². The molecular weight excluding hydrogens is 246 g/mol. The Morgan fingerprint density at radius 2 is 2.05 bits per heavy atom. The molecule has 0 radical (unpaired) electrons. The predicted molar refractivity (Wildman–Crippen MR) is 84.1 cm³/mol. The van der Waals surface area contributed by atoms with Crippen LogP contribution in [0.2, 0.25) is 0 Å². The lowest BCUT2D eigenvalue weighted by molar-refractivity contribution is 0.321. The third kappa shape index (κ3) is 3.02. The van der Waals surface area contributed by atoms with E-state index in [2.05, 4.69) is 48.3 Å². The summed E-state index contributed by atoms with van der Waals surface area (Å²) in [6.45, 7) is 5.32. The maximum absolute atomic E-state index is 5.93. The smallest absolute Gasteiger partial charge is 0.124 e. The van der Waals surface area contributed by atoms with Crippen LogP contribution >= 0.6 is 0 Å². The molecule has 0 bridgehead atoms. The summed E-state index contributed by atoms with van der Waals surface area (Å²) in [5.74, 6) is 0.999. The van der Waals surface area contributed by atoms with Gasteiger partial charge in [-0.3, -0.25) is 0 Å². The normalized spacial score (nSPS) is 14.4. The standard InChI is InChI=1S/C18H21NO/c1-2-3-12-20-18-11-8-14-6-4-5-7-16(14)17(18)13-19-15-9-10-15/h2,4-8,11,15,19H,1,3,9-10,12-13H2. The molecular formula is C18H21NO. The fraction of sp³-hybridized carbons (Fsp3) is 0.333. The topological polar surface area (TPSA) is 21.3 Å². The number of benzene rings is 2. The van der Waals surface area contributed by atoms with E-state index in [1.165, 1.54) is 29.2 Å². The van der Waals surface area contributed by atoms with Gasteiger partial charge in [0.25, 0.3) is 0 Å². The lowest BCUT2D eigenvalue weighted by Crippen LogP contribution is -2.16. The van der Waals surface area contributed by atoms with E-state index in [4.69, 9.17) is 4.74 Å². The van der Waals surface area contributed by atoms with E-state index in [1.807, 2.05) is 6.08 Å². The molecule has 2 aromatic rings. The molecule has 2 nitrogen and oxygen atoms in total. The molecule has 0 atom stereocenters. The number of fused-ring (bicyclic) bond motifs is 1. The molecule has 0 amide bonds. The summed E-state index contributed by atoms with van der Waals surface area (Å²) in [5.41, 5.74) is 1.28. The van der Waals surface area contributed by atoms with Crippen LogP contribution in [0.3, 0.4) is 0 Å². The third-order valence-corrected chi connectivity index (χ3v) is 3.72. The van der Waals surface area contributed by atoms with Crippen molar-refractivity contribution in [2.75, 3.05) is 6.61 Å². The Hall–Kier alpha value is -1.80. The number of ether oxygens (including phenoxy) is 1. The summed E-state index contributed by atoms with van der Waals surface area (Å²) in [4.78, 5) is 0. The highest BCUT2D eigenvalue weighted by molar-refractivity contribution is 5.87. The maximum Gasteiger partial charge on any atom is 0.124 e. The van der Waals surface area contributed by atoms with Crippen LogP contribution in [0.15, 0.2) is 49.1 Å². The first-order valence-corrected chi connectivity index (χ1v) is 7.36. The highest BCUT2D eigenvalue weighted by Gasteiger charge is 2.21. The van der Waals surface area contributed by atoms with Gasteiger partial charge in [0.2, 0.25) is 0 Å². The molecule has 0 aromatic heterocycles. The van der Waals surface area contributed by atoms with Gasteiger partial charge in [-0.15, -0.1) is 6.58 Å². The Bertz CT molecular complexity index is 601. The van der Waals surface area contributed by atoms with Gasteiger partial charge < -0.3 is 10.1 Å². The second kappa shape index (κ2) is 6.10. The summed E-state index contributed by atoms with van der Waals surface area (Å²) in [5, 5.41) is 6.16. The molecule has 1 N–H and O–H groups in total. The van der Waals surface area contributed by atoms with E-state index >= 15 is 0 Å². The summed E-state index contributed by atoms with van der Waals surface area (Å²) < 4.78 is 5.93. The Morgan fingerprint density at radius 3 is 2.85 bits per heavy atom. The van der Waals surface area contributed by atoms with Crippen LogP contribution in [-0.4, -0.2) is 12.6 Å². The van der Waals surface area contributed by atoms with Crippen molar-refractivity contribution in [1.29, 1.82) is 0 Å². The van der Waals surface area contributed by atoms with Crippen molar-refractivity contribution in [3.63, 3.8) is 0 Å². The summed E-state index contributed by atoms with van der Waals surface area (Å²) >= 11 is 0. The lowest BCUT2D eigenvalue weighted by Gasteiger charge is -2.14. The van der Waals surface area contributed by atoms with Crippen LogP contribution in [0.25, 0.3) is 10.8 Å². The van der Waals surface area contributed by atoms with E-state index in [0.717, 1.165) is 18.7 Å². The van der Waals surface area contributed by atoms with Gasteiger partial charge in [0, 0.05) is 18.2 Å². The molecule has 0 heterocycles. The van der Waals surface area contributed by atoms with Gasteiger partial charge in [-0.2, -0.15) is 0 Å². The largest absolute Gasteiger partial charge is 0.493 e. The molecule has 1 aliphatic rings. The molecule has 2 heteroatoms. The van der Waals surface area contributed by atoms with Crippen LogP contribution in [-0.2, 0) is 6.54 Å². The molecule has 0 saturated heterocycles. The lowest BCUT2D eigenvalue weighted by atomic mass is 10.0. The zero-order chi connectivity index (χ0) is 13.8. The van der Waals surface area contributed by atoms with Crippen LogP contribution < -0.4 is 10.1 Å². The van der Waals surface area contributed by atoms with Crippen LogP contribution in [0, 0.1) is 0 Å². The third-order valence-electron chi connectivity index (χ3n) is 3.72. The molecule has 20 heavy (non-hydrogen) atoms. The van der Waals surface area contributed by atoms with Crippen molar-refractivity contribution in [1.82, 2.24) is 5.32 Å². The van der Waals surface area contributed by atoms with Crippen molar-refractivity contribution >= 4 is 10.8 Å². The first-order chi connectivity index (χ1) is 9.88. The van der Waals surface area contributed by atoms with Gasteiger partial charge in [0.15, 0.2) is 0 Å². The molecule has 1 aliphatic carbocycles. The van der Waals surface area contributed by atoms with E-state index in [9.17, 15) is 0 Å².